The third kappa shape index (κ3) is 5.59. The lowest BCUT2D eigenvalue weighted by Gasteiger charge is -2.23. The van der Waals surface area contributed by atoms with Crippen molar-refractivity contribution in [2.45, 2.75) is 24.8 Å². The van der Waals surface area contributed by atoms with E-state index >= 15 is 0 Å². The van der Waals surface area contributed by atoms with Crippen molar-refractivity contribution in [2.24, 2.45) is 0 Å². The van der Waals surface area contributed by atoms with Gasteiger partial charge < -0.3 is 9.52 Å². The van der Waals surface area contributed by atoms with Crippen LogP contribution in [0.1, 0.15) is 43.2 Å². The van der Waals surface area contributed by atoms with Gasteiger partial charge in [0.2, 0.25) is 15.8 Å². The molecule has 4 aromatic carbocycles. The number of carboxylic acids is 1. The summed E-state index contributed by atoms with van der Waals surface area (Å²) in [6.45, 7) is 1.91. The van der Waals surface area contributed by atoms with Crippen LogP contribution in [0.15, 0.2) is 112 Å². The number of carboxylic acid groups (broad SMARTS) is 1. The second kappa shape index (κ2) is 11.3. The lowest BCUT2D eigenvalue weighted by molar-refractivity contribution is 0.0663. The Labute approximate surface area is 232 Å². The standard InChI is InChI=1S/C32H27NO6S/c1-22-28-20-27(16-17-29(28)39-31(22)32(35)36)40(37,38)33(19-18-23-8-4-2-5-9-23)21-24-12-14-26(15-13-24)30(34)25-10-6-3-7-11-25/h2-17,20H,18-19,21H2,1H3,(H,35,36). The van der Waals surface area contributed by atoms with Crippen LogP contribution in [0.5, 0.6) is 0 Å². The lowest BCUT2D eigenvalue weighted by Crippen LogP contribution is -2.32. The molecule has 40 heavy (non-hydrogen) atoms. The SMILES string of the molecule is Cc1c(C(=O)O)oc2ccc(S(=O)(=O)N(CCc3ccccc3)Cc3ccc(C(=O)c4ccccc4)cc3)cc12. The molecule has 0 aliphatic heterocycles. The molecule has 0 radical (unpaired) electrons. The Morgan fingerprint density at radius 3 is 2.08 bits per heavy atom. The number of carbonyl (C=O) groups excluding carboxylic acids is 1. The molecule has 202 valence electrons. The number of ketones is 1. The van der Waals surface area contributed by atoms with E-state index in [1.807, 2.05) is 48.5 Å². The summed E-state index contributed by atoms with van der Waals surface area (Å²) >= 11 is 0. The molecule has 0 atom stereocenters. The van der Waals surface area contributed by atoms with Crippen LogP contribution in [-0.2, 0) is 23.0 Å². The highest BCUT2D eigenvalue weighted by atomic mass is 32.2. The molecule has 0 bridgehead atoms. The molecule has 1 N–H and O–H groups in total. The molecule has 1 aromatic heterocycles. The molecule has 5 aromatic rings. The van der Waals surface area contributed by atoms with E-state index in [0.29, 0.717) is 34.1 Å². The quantitative estimate of drug-likeness (QED) is 0.210. The minimum Gasteiger partial charge on any atom is -0.475 e. The summed E-state index contributed by atoms with van der Waals surface area (Å²) in [5, 5.41) is 9.84. The van der Waals surface area contributed by atoms with Gasteiger partial charge in [-0.05, 0) is 42.7 Å². The van der Waals surface area contributed by atoms with E-state index in [0.717, 1.165) is 11.1 Å². The van der Waals surface area contributed by atoms with E-state index in [-0.39, 0.29) is 29.5 Å². The van der Waals surface area contributed by atoms with E-state index in [4.69, 9.17) is 4.42 Å². The molecule has 0 fully saturated rings. The first-order valence-corrected chi connectivity index (χ1v) is 14.2. The first-order chi connectivity index (χ1) is 19.2. The zero-order valence-corrected chi connectivity index (χ0v) is 22.6. The van der Waals surface area contributed by atoms with Crippen LogP contribution in [0.25, 0.3) is 11.0 Å². The van der Waals surface area contributed by atoms with Crippen LogP contribution in [-0.4, -0.2) is 36.1 Å². The average Bonchev–Trinajstić information content (AvgIpc) is 3.32. The zero-order valence-electron chi connectivity index (χ0n) is 21.8. The Morgan fingerprint density at radius 2 is 1.43 bits per heavy atom. The van der Waals surface area contributed by atoms with Gasteiger partial charge in [0, 0.05) is 35.2 Å². The number of aryl methyl sites for hydroxylation is 1. The molecule has 0 spiro atoms. The number of nitrogens with zero attached hydrogens (tertiary/aromatic N) is 1. The molecule has 0 saturated heterocycles. The summed E-state index contributed by atoms with van der Waals surface area (Å²) in [6.07, 6.45) is 0.501. The Morgan fingerprint density at radius 1 is 0.800 bits per heavy atom. The third-order valence-corrected chi connectivity index (χ3v) is 8.68. The van der Waals surface area contributed by atoms with Gasteiger partial charge in [0.25, 0.3) is 0 Å². The number of aromatic carboxylic acids is 1. The average molecular weight is 554 g/mol. The van der Waals surface area contributed by atoms with Crippen LogP contribution in [0, 0.1) is 6.92 Å². The number of hydrogen-bond donors (Lipinski definition) is 1. The van der Waals surface area contributed by atoms with Crippen LogP contribution < -0.4 is 0 Å². The number of fused-ring (bicyclic) bond motifs is 1. The molecule has 0 aliphatic rings. The van der Waals surface area contributed by atoms with E-state index in [1.165, 1.54) is 22.5 Å². The van der Waals surface area contributed by atoms with Crippen molar-refractivity contribution in [3.63, 3.8) is 0 Å². The number of sulfonamides is 1. The molecule has 5 rings (SSSR count). The molecular weight excluding hydrogens is 526 g/mol. The van der Waals surface area contributed by atoms with Gasteiger partial charge in [0.15, 0.2) is 5.78 Å². The van der Waals surface area contributed by atoms with Gasteiger partial charge in [0.05, 0.1) is 4.90 Å². The Bertz CT molecular complexity index is 1780. The van der Waals surface area contributed by atoms with Gasteiger partial charge in [-0.15, -0.1) is 0 Å². The molecule has 0 unspecified atom stereocenters. The van der Waals surface area contributed by atoms with Crippen LogP contribution in [0.4, 0.5) is 0 Å². The van der Waals surface area contributed by atoms with Gasteiger partial charge in [-0.2, -0.15) is 4.31 Å². The predicted molar refractivity (Wildman–Crippen MR) is 152 cm³/mol. The van der Waals surface area contributed by atoms with Crippen molar-refractivity contribution in [1.29, 1.82) is 0 Å². The van der Waals surface area contributed by atoms with Crippen molar-refractivity contribution in [2.75, 3.05) is 6.54 Å². The summed E-state index contributed by atoms with van der Waals surface area (Å²) < 4.78 is 34.7. The molecule has 0 aliphatic carbocycles. The fraction of sp³-hybridized carbons (Fsp3) is 0.125. The highest BCUT2D eigenvalue weighted by Crippen LogP contribution is 2.29. The van der Waals surface area contributed by atoms with Crippen molar-refractivity contribution in [1.82, 2.24) is 4.31 Å². The van der Waals surface area contributed by atoms with Crippen LogP contribution >= 0.6 is 0 Å². The van der Waals surface area contributed by atoms with Gasteiger partial charge in [-0.25, -0.2) is 13.2 Å². The monoisotopic (exact) mass is 553 g/mol. The summed E-state index contributed by atoms with van der Waals surface area (Å²) in [5.41, 5.74) is 3.51. The second-order valence-corrected chi connectivity index (χ2v) is 11.4. The Kier molecular flexibility index (Phi) is 7.64. The van der Waals surface area contributed by atoms with E-state index in [2.05, 4.69) is 0 Å². The summed E-state index contributed by atoms with van der Waals surface area (Å²) in [7, 11) is -3.98. The van der Waals surface area contributed by atoms with Gasteiger partial charge in [-0.1, -0.05) is 84.9 Å². The van der Waals surface area contributed by atoms with E-state index in [9.17, 15) is 23.1 Å². The van der Waals surface area contributed by atoms with Gasteiger partial charge in [0.1, 0.15) is 5.58 Å². The largest absolute Gasteiger partial charge is 0.475 e. The molecular formula is C32H27NO6S. The summed E-state index contributed by atoms with van der Waals surface area (Å²) in [5.74, 6) is -1.53. The predicted octanol–water partition coefficient (Wildman–Crippen LogP) is 6.10. The van der Waals surface area contributed by atoms with E-state index in [1.54, 1.807) is 43.3 Å². The molecule has 7 nitrogen and oxygen atoms in total. The smallest absolute Gasteiger partial charge is 0.372 e. The first-order valence-electron chi connectivity index (χ1n) is 12.7. The molecule has 8 heteroatoms. The number of furan rings is 1. The molecule has 0 saturated carbocycles. The topological polar surface area (TPSA) is 105 Å². The fourth-order valence-corrected chi connectivity index (χ4v) is 6.07. The van der Waals surface area contributed by atoms with Crippen molar-refractivity contribution in [3.05, 3.63) is 137 Å². The Balaban J connectivity index is 1.45. The van der Waals surface area contributed by atoms with Crippen molar-refractivity contribution >= 4 is 32.7 Å². The fourth-order valence-electron chi connectivity index (χ4n) is 4.62. The second-order valence-electron chi connectivity index (χ2n) is 9.49. The minimum absolute atomic E-state index is 0.0461. The number of benzene rings is 4. The highest BCUT2D eigenvalue weighted by molar-refractivity contribution is 7.89. The molecule has 1 heterocycles. The number of hydrogen-bond acceptors (Lipinski definition) is 5. The maximum Gasteiger partial charge on any atom is 0.372 e. The molecule has 0 amide bonds. The summed E-state index contributed by atoms with van der Waals surface area (Å²) in [4.78, 5) is 24.4. The van der Waals surface area contributed by atoms with E-state index < -0.39 is 16.0 Å². The number of carbonyl (C=O) groups is 2. The lowest BCUT2D eigenvalue weighted by atomic mass is 10.0. The number of rotatable bonds is 10. The van der Waals surface area contributed by atoms with Crippen LogP contribution in [0.3, 0.4) is 0 Å². The highest BCUT2D eigenvalue weighted by Gasteiger charge is 2.27. The van der Waals surface area contributed by atoms with Gasteiger partial charge in [-0.3, -0.25) is 4.79 Å². The first kappa shape index (κ1) is 27.1. The van der Waals surface area contributed by atoms with Gasteiger partial charge >= 0.3 is 5.97 Å². The maximum absolute atomic E-state index is 13.9. The Hall–Kier alpha value is -4.53. The maximum atomic E-state index is 13.9. The third-order valence-electron chi connectivity index (χ3n) is 6.84. The van der Waals surface area contributed by atoms with Crippen molar-refractivity contribution < 1.29 is 27.5 Å². The summed E-state index contributed by atoms with van der Waals surface area (Å²) in [6, 6.07) is 29.9. The van der Waals surface area contributed by atoms with Crippen LogP contribution in [0.2, 0.25) is 0 Å². The zero-order chi connectivity index (χ0) is 28.3. The van der Waals surface area contributed by atoms with Crippen molar-refractivity contribution in [3.8, 4) is 0 Å². The normalized spacial score (nSPS) is 11.7. The minimum atomic E-state index is -3.98.